The summed E-state index contributed by atoms with van der Waals surface area (Å²) in [6.07, 6.45) is 10.4. The van der Waals surface area contributed by atoms with Gasteiger partial charge in [0.05, 0.1) is 18.0 Å². The quantitative estimate of drug-likeness (QED) is 0.297. The fraction of sp³-hybridized carbons (Fsp3) is 0.897. The summed E-state index contributed by atoms with van der Waals surface area (Å²) in [5, 5.41) is 21.7. The molecule has 4 rings (SSSR count). The first-order chi connectivity index (χ1) is 17.3. The van der Waals surface area contributed by atoms with E-state index in [-0.39, 0.29) is 42.0 Å². The molecule has 0 aromatic rings. The number of aliphatic hydroxyl groups is 2. The standard InChI is InChI=1S/C29H49NO6S/c1-5-14-30(15-16-37(34,35)36)26(33)9-6-19(2)22-7-8-23-27-24(11-13-29(22,23)4)28(3)12-10-21(31)17-20(28)18-25(27)32/h5,19-25,27,31-32H,1,6-18H2,2-4H3,(H,34,35,36)/t19-,20+,21-,22-,23?,24?,25+,27?,28+,29-/m1/s1. The first-order valence-corrected chi connectivity index (χ1v) is 16.1. The lowest BCUT2D eigenvalue weighted by Crippen LogP contribution is -2.58. The van der Waals surface area contributed by atoms with Gasteiger partial charge in [-0.2, -0.15) is 8.42 Å². The molecule has 0 aliphatic heterocycles. The molecule has 7 nitrogen and oxygen atoms in total. The first-order valence-electron chi connectivity index (χ1n) is 14.5. The Hall–Kier alpha value is -0.960. The molecular weight excluding hydrogens is 490 g/mol. The first kappa shape index (κ1) is 29.0. The van der Waals surface area contributed by atoms with E-state index in [2.05, 4.69) is 27.4 Å². The lowest BCUT2D eigenvalue weighted by Gasteiger charge is -2.62. The van der Waals surface area contributed by atoms with Crippen molar-refractivity contribution in [2.75, 3.05) is 18.8 Å². The number of carbonyl (C=O) groups is 1. The van der Waals surface area contributed by atoms with Crippen LogP contribution in [0.25, 0.3) is 0 Å². The second-order valence-electron chi connectivity index (χ2n) is 13.4. The van der Waals surface area contributed by atoms with Gasteiger partial charge in [0.15, 0.2) is 0 Å². The molecule has 212 valence electrons. The Bertz CT molecular complexity index is 954. The summed E-state index contributed by atoms with van der Waals surface area (Å²) >= 11 is 0. The fourth-order valence-electron chi connectivity index (χ4n) is 9.59. The van der Waals surface area contributed by atoms with E-state index in [4.69, 9.17) is 4.55 Å². The SMILES string of the molecule is C=CCN(CCS(=O)(=O)O)C(=O)CC[C@@H](C)[C@H]1CCC2C3C(CC[C@@]21C)[C@@]1(C)CC[C@@H](O)C[C@H]1C[C@@H]3O. The highest BCUT2D eigenvalue weighted by Gasteiger charge is 2.62. The van der Waals surface area contributed by atoms with Crippen molar-refractivity contribution >= 4 is 16.0 Å². The topological polar surface area (TPSA) is 115 Å². The molecular formula is C29H49NO6S. The lowest BCUT2D eigenvalue weighted by atomic mass is 9.43. The van der Waals surface area contributed by atoms with Gasteiger partial charge in [0.1, 0.15) is 0 Å². The van der Waals surface area contributed by atoms with Crippen molar-refractivity contribution in [2.45, 2.75) is 97.2 Å². The van der Waals surface area contributed by atoms with E-state index in [0.717, 1.165) is 57.8 Å². The number of hydrogen-bond donors (Lipinski definition) is 3. The summed E-state index contributed by atoms with van der Waals surface area (Å²) in [5.74, 6) is 2.07. The van der Waals surface area contributed by atoms with Crippen molar-refractivity contribution in [2.24, 2.45) is 46.3 Å². The van der Waals surface area contributed by atoms with Crippen LogP contribution in [0.2, 0.25) is 0 Å². The van der Waals surface area contributed by atoms with Crippen LogP contribution in [0.3, 0.4) is 0 Å². The molecule has 0 bridgehead atoms. The van der Waals surface area contributed by atoms with Crippen molar-refractivity contribution in [3.63, 3.8) is 0 Å². The van der Waals surface area contributed by atoms with Crippen molar-refractivity contribution in [1.29, 1.82) is 0 Å². The Morgan fingerprint density at radius 2 is 1.76 bits per heavy atom. The van der Waals surface area contributed by atoms with Crippen LogP contribution in [0.4, 0.5) is 0 Å². The lowest BCUT2D eigenvalue weighted by molar-refractivity contribution is -0.174. The predicted octanol–water partition coefficient (Wildman–Crippen LogP) is 4.30. The van der Waals surface area contributed by atoms with Crippen molar-refractivity contribution in [3.05, 3.63) is 12.7 Å². The monoisotopic (exact) mass is 539 g/mol. The normalized spacial score (nSPS) is 42.3. The summed E-state index contributed by atoms with van der Waals surface area (Å²) in [4.78, 5) is 14.4. The maximum absolute atomic E-state index is 12.9. The van der Waals surface area contributed by atoms with E-state index < -0.39 is 15.9 Å². The minimum Gasteiger partial charge on any atom is -0.393 e. The van der Waals surface area contributed by atoms with Crippen molar-refractivity contribution in [1.82, 2.24) is 4.90 Å². The second-order valence-corrected chi connectivity index (χ2v) is 15.0. The maximum Gasteiger partial charge on any atom is 0.266 e. The molecule has 37 heavy (non-hydrogen) atoms. The summed E-state index contributed by atoms with van der Waals surface area (Å²) in [6.45, 7) is 11.0. The average Bonchev–Trinajstić information content (AvgIpc) is 3.17. The predicted molar refractivity (Wildman–Crippen MR) is 144 cm³/mol. The Morgan fingerprint density at radius 1 is 1.08 bits per heavy atom. The van der Waals surface area contributed by atoms with Gasteiger partial charge < -0.3 is 15.1 Å². The third-order valence-corrected chi connectivity index (χ3v) is 12.2. The van der Waals surface area contributed by atoms with Crippen LogP contribution in [0.1, 0.15) is 85.0 Å². The van der Waals surface area contributed by atoms with Gasteiger partial charge in [0.25, 0.3) is 10.1 Å². The zero-order chi connectivity index (χ0) is 27.2. The number of aliphatic hydroxyl groups excluding tert-OH is 2. The molecule has 0 aromatic carbocycles. The van der Waals surface area contributed by atoms with E-state index in [9.17, 15) is 23.4 Å². The van der Waals surface area contributed by atoms with Gasteiger partial charge in [0, 0.05) is 19.5 Å². The molecule has 0 spiro atoms. The molecule has 8 heteroatoms. The van der Waals surface area contributed by atoms with Crippen LogP contribution < -0.4 is 0 Å². The Kier molecular flexibility index (Phi) is 8.55. The van der Waals surface area contributed by atoms with Gasteiger partial charge in [0.2, 0.25) is 5.91 Å². The summed E-state index contributed by atoms with van der Waals surface area (Å²) < 4.78 is 31.4. The smallest absolute Gasteiger partial charge is 0.266 e. The summed E-state index contributed by atoms with van der Waals surface area (Å²) in [5.41, 5.74) is 0.380. The van der Waals surface area contributed by atoms with E-state index in [1.54, 1.807) is 6.08 Å². The minimum absolute atomic E-state index is 0.0287. The summed E-state index contributed by atoms with van der Waals surface area (Å²) in [7, 11) is -4.13. The molecule has 0 radical (unpaired) electrons. The number of hydrogen-bond acceptors (Lipinski definition) is 5. The Balaban J connectivity index is 1.41. The molecule has 3 N–H and O–H groups in total. The Labute approximate surface area is 223 Å². The van der Waals surface area contributed by atoms with Gasteiger partial charge in [-0.25, -0.2) is 0 Å². The van der Waals surface area contributed by atoms with Gasteiger partial charge in [-0.3, -0.25) is 9.35 Å². The molecule has 1 amide bonds. The van der Waals surface area contributed by atoms with E-state index in [0.29, 0.717) is 41.9 Å². The van der Waals surface area contributed by atoms with Crippen LogP contribution in [0.5, 0.6) is 0 Å². The van der Waals surface area contributed by atoms with Crippen LogP contribution in [-0.2, 0) is 14.9 Å². The van der Waals surface area contributed by atoms with E-state index in [1.807, 2.05) is 0 Å². The molecule has 4 aliphatic rings. The highest BCUT2D eigenvalue weighted by Crippen LogP contribution is 2.68. The highest BCUT2D eigenvalue weighted by atomic mass is 32.2. The molecule has 10 atom stereocenters. The molecule has 4 saturated carbocycles. The van der Waals surface area contributed by atoms with Crippen LogP contribution in [0, 0.1) is 46.3 Å². The van der Waals surface area contributed by atoms with Gasteiger partial charge in [-0.15, -0.1) is 6.58 Å². The number of rotatable bonds is 9. The molecule has 4 fully saturated rings. The van der Waals surface area contributed by atoms with Gasteiger partial charge in [-0.1, -0.05) is 26.8 Å². The van der Waals surface area contributed by atoms with Gasteiger partial charge >= 0.3 is 0 Å². The van der Waals surface area contributed by atoms with Crippen LogP contribution in [0.15, 0.2) is 12.7 Å². The van der Waals surface area contributed by atoms with E-state index in [1.165, 1.54) is 4.90 Å². The maximum atomic E-state index is 12.9. The number of nitrogens with zero attached hydrogens (tertiary/aromatic N) is 1. The number of fused-ring (bicyclic) bond motifs is 5. The highest BCUT2D eigenvalue weighted by molar-refractivity contribution is 7.85. The number of amides is 1. The summed E-state index contributed by atoms with van der Waals surface area (Å²) in [6, 6.07) is 0. The molecule has 0 heterocycles. The number of carbonyl (C=O) groups excluding carboxylic acids is 1. The minimum atomic E-state index is -4.13. The average molecular weight is 540 g/mol. The zero-order valence-electron chi connectivity index (χ0n) is 23.0. The third kappa shape index (κ3) is 5.68. The fourth-order valence-corrected chi connectivity index (χ4v) is 10.0. The van der Waals surface area contributed by atoms with Crippen molar-refractivity contribution in [3.8, 4) is 0 Å². The van der Waals surface area contributed by atoms with Crippen LogP contribution >= 0.6 is 0 Å². The van der Waals surface area contributed by atoms with Crippen LogP contribution in [-0.4, -0.2) is 65.0 Å². The third-order valence-electron chi connectivity index (χ3n) is 11.6. The zero-order valence-corrected chi connectivity index (χ0v) is 23.8. The molecule has 4 aliphatic carbocycles. The molecule has 3 unspecified atom stereocenters. The molecule has 0 saturated heterocycles. The van der Waals surface area contributed by atoms with Crippen molar-refractivity contribution < 1.29 is 28.0 Å². The second kappa shape index (κ2) is 10.9. The Morgan fingerprint density at radius 3 is 2.43 bits per heavy atom. The largest absolute Gasteiger partial charge is 0.393 e. The van der Waals surface area contributed by atoms with Gasteiger partial charge in [-0.05, 0) is 104 Å². The van der Waals surface area contributed by atoms with E-state index >= 15 is 0 Å². The molecule has 0 aromatic heterocycles.